The van der Waals surface area contributed by atoms with Gasteiger partial charge < -0.3 is 14.0 Å². The smallest absolute Gasteiger partial charge is 0.340 e. The Morgan fingerprint density at radius 2 is 1.78 bits per heavy atom. The van der Waals surface area contributed by atoms with Gasteiger partial charge in [-0.1, -0.05) is 58.7 Å². The van der Waals surface area contributed by atoms with Crippen LogP contribution >= 0.6 is 23.2 Å². The Kier molecular flexibility index (Phi) is 6.82. The van der Waals surface area contributed by atoms with Gasteiger partial charge in [0.05, 0.1) is 28.8 Å². The van der Waals surface area contributed by atoms with Gasteiger partial charge in [0.15, 0.2) is 5.76 Å². The molecule has 0 amide bonds. The summed E-state index contributed by atoms with van der Waals surface area (Å²) in [5.74, 6) is -0.283. The number of ether oxygens (including phenoxy) is 2. The van der Waals surface area contributed by atoms with Crippen molar-refractivity contribution in [2.45, 2.75) is 11.5 Å². The van der Waals surface area contributed by atoms with E-state index < -0.39 is 16.0 Å². The van der Waals surface area contributed by atoms with Gasteiger partial charge in [-0.25, -0.2) is 13.2 Å². The lowest BCUT2D eigenvalue weighted by molar-refractivity contribution is 0.0464. The molecule has 0 bridgehead atoms. The predicted octanol–water partition coefficient (Wildman–Crippen LogP) is 4.03. The molecule has 168 valence electrons. The number of carbonyl (C=O) groups excluding carboxylic acids is 1. The summed E-state index contributed by atoms with van der Waals surface area (Å²) < 4.78 is 43.0. The van der Waals surface area contributed by atoms with Crippen LogP contribution in [0.15, 0.2) is 57.9 Å². The van der Waals surface area contributed by atoms with Crippen LogP contribution in [0, 0.1) is 0 Å². The molecule has 2 heterocycles. The first-order chi connectivity index (χ1) is 15.4. The largest absolute Gasteiger partial charge is 0.455 e. The number of esters is 1. The summed E-state index contributed by atoms with van der Waals surface area (Å²) in [5, 5.41) is 3.79. The molecule has 1 aliphatic heterocycles. The molecule has 1 aromatic heterocycles. The average Bonchev–Trinajstić information content (AvgIpc) is 3.28. The van der Waals surface area contributed by atoms with Crippen molar-refractivity contribution in [1.82, 2.24) is 9.46 Å². The first-order valence-electron chi connectivity index (χ1n) is 9.61. The molecule has 1 fully saturated rings. The van der Waals surface area contributed by atoms with E-state index in [4.69, 9.17) is 37.2 Å². The van der Waals surface area contributed by atoms with Crippen molar-refractivity contribution in [3.8, 4) is 11.3 Å². The molecule has 4 rings (SSSR count). The molecule has 8 nitrogen and oxygen atoms in total. The molecular formula is C21H18Cl2N2O6S. The van der Waals surface area contributed by atoms with E-state index in [0.717, 1.165) is 11.6 Å². The molecule has 0 saturated carbocycles. The standard InChI is InChI=1S/C21H18Cl2N2O6S/c22-17-12-18(23)20(32(27,28)25-6-8-29-9-7-25)11-16(17)21(26)30-13-15-10-19(31-24-15)14-4-2-1-3-5-14/h1-5,10-12H,6-9,13H2. The highest BCUT2D eigenvalue weighted by Gasteiger charge is 2.30. The van der Waals surface area contributed by atoms with E-state index in [0.29, 0.717) is 11.5 Å². The molecule has 0 N–H and O–H groups in total. The molecule has 1 aliphatic rings. The monoisotopic (exact) mass is 496 g/mol. The molecule has 0 atom stereocenters. The summed E-state index contributed by atoms with van der Waals surface area (Å²) in [7, 11) is -3.93. The van der Waals surface area contributed by atoms with E-state index in [2.05, 4.69) is 5.16 Å². The lowest BCUT2D eigenvalue weighted by Gasteiger charge is -2.26. The van der Waals surface area contributed by atoms with Crippen LogP contribution in [0.1, 0.15) is 16.1 Å². The lowest BCUT2D eigenvalue weighted by atomic mass is 10.2. The highest BCUT2D eigenvalue weighted by molar-refractivity contribution is 7.89. The number of hydrogen-bond acceptors (Lipinski definition) is 7. The van der Waals surface area contributed by atoms with Crippen molar-refractivity contribution in [3.05, 3.63) is 69.8 Å². The van der Waals surface area contributed by atoms with Gasteiger partial charge in [0.25, 0.3) is 0 Å². The van der Waals surface area contributed by atoms with Crippen LogP contribution in [0.4, 0.5) is 0 Å². The van der Waals surface area contributed by atoms with E-state index in [1.54, 1.807) is 6.07 Å². The van der Waals surface area contributed by atoms with Gasteiger partial charge in [0, 0.05) is 24.7 Å². The minimum absolute atomic E-state index is 0.0222. The van der Waals surface area contributed by atoms with Crippen LogP contribution in [0.3, 0.4) is 0 Å². The summed E-state index contributed by atoms with van der Waals surface area (Å²) in [6, 6.07) is 13.3. The number of rotatable bonds is 6. The van der Waals surface area contributed by atoms with Crippen molar-refractivity contribution in [2.24, 2.45) is 0 Å². The zero-order valence-corrected chi connectivity index (χ0v) is 19.0. The third kappa shape index (κ3) is 4.82. The Bertz CT molecular complexity index is 1220. The van der Waals surface area contributed by atoms with Crippen molar-refractivity contribution in [3.63, 3.8) is 0 Å². The molecule has 2 aromatic carbocycles. The van der Waals surface area contributed by atoms with E-state index in [9.17, 15) is 13.2 Å². The van der Waals surface area contributed by atoms with Crippen molar-refractivity contribution in [1.29, 1.82) is 0 Å². The highest BCUT2D eigenvalue weighted by atomic mass is 35.5. The summed E-state index contributed by atoms with van der Waals surface area (Å²) >= 11 is 12.3. The average molecular weight is 497 g/mol. The number of benzene rings is 2. The minimum atomic E-state index is -3.93. The van der Waals surface area contributed by atoms with Gasteiger partial charge in [-0.15, -0.1) is 0 Å². The van der Waals surface area contributed by atoms with Crippen LogP contribution in [-0.2, 0) is 26.1 Å². The van der Waals surface area contributed by atoms with Crippen LogP contribution in [0.25, 0.3) is 11.3 Å². The third-order valence-corrected chi connectivity index (χ3v) is 7.47. The quantitative estimate of drug-likeness (QED) is 0.475. The fourth-order valence-corrected chi connectivity index (χ4v) is 5.38. The maximum absolute atomic E-state index is 13.0. The number of morpholine rings is 1. The third-order valence-electron chi connectivity index (χ3n) is 4.80. The Labute approximate surface area is 194 Å². The number of aromatic nitrogens is 1. The van der Waals surface area contributed by atoms with Crippen LogP contribution < -0.4 is 0 Å². The van der Waals surface area contributed by atoms with Crippen LogP contribution in [0.5, 0.6) is 0 Å². The SMILES string of the molecule is O=C(OCc1cc(-c2ccccc2)on1)c1cc(S(=O)(=O)N2CCOCC2)c(Cl)cc1Cl. The summed E-state index contributed by atoms with van der Waals surface area (Å²) in [5.41, 5.74) is 1.11. The van der Waals surface area contributed by atoms with E-state index in [-0.39, 0.29) is 53.4 Å². The van der Waals surface area contributed by atoms with Crippen molar-refractivity contribution < 1.29 is 27.2 Å². The summed E-state index contributed by atoms with van der Waals surface area (Å²) in [4.78, 5) is 12.4. The second kappa shape index (κ2) is 9.60. The Hall–Kier alpha value is -2.43. The van der Waals surface area contributed by atoms with E-state index in [1.165, 1.54) is 10.4 Å². The molecular weight excluding hydrogens is 479 g/mol. The van der Waals surface area contributed by atoms with Gasteiger partial charge >= 0.3 is 5.97 Å². The van der Waals surface area contributed by atoms with Gasteiger partial charge in [-0.3, -0.25) is 0 Å². The number of hydrogen-bond donors (Lipinski definition) is 0. The van der Waals surface area contributed by atoms with Gasteiger partial charge in [0.2, 0.25) is 10.0 Å². The van der Waals surface area contributed by atoms with E-state index in [1.807, 2.05) is 30.3 Å². The zero-order chi connectivity index (χ0) is 22.7. The fraction of sp³-hybridized carbons (Fsp3) is 0.238. The topological polar surface area (TPSA) is 98.9 Å². The number of sulfonamides is 1. The Morgan fingerprint density at radius 1 is 1.06 bits per heavy atom. The molecule has 0 unspecified atom stereocenters. The predicted molar refractivity (Wildman–Crippen MR) is 117 cm³/mol. The van der Waals surface area contributed by atoms with E-state index >= 15 is 0 Å². The van der Waals surface area contributed by atoms with Gasteiger partial charge in [0.1, 0.15) is 17.2 Å². The van der Waals surface area contributed by atoms with Crippen LogP contribution in [-0.4, -0.2) is 50.2 Å². The molecule has 32 heavy (non-hydrogen) atoms. The summed E-state index contributed by atoms with van der Waals surface area (Å²) in [6.07, 6.45) is 0. The normalized spacial score (nSPS) is 14.9. The molecule has 0 spiro atoms. The lowest BCUT2D eigenvalue weighted by Crippen LogP contribution is -2.40. The molecule has 3 aromatic rings. The molecule has 1 saturated heterocycles. The van der Waals surface area contributed by atoms with Crippen molar-refractivity contribution in [2.75, 3.05) is 26.3 Å². The maximum atomic E-state index is 13.0. The molecule has 0 radical (unpaired) electrons. The number of carbonyl (C=O) groups is 1. The second-order valence-electron chi connectivity index (χ2n) is 6.90. The van der Waals surface area contributed by atoms with Crippen molar-refractivity contribution >= 4 is 39.2 Å². The van der Waals surface area contributed by atoms with Crippen LogP contribution in [0.2, 0.25) is 10.0 Å². The number of halogens is 2. The summed E-state index contributed by atoms with van der Waals surface area (Å²) in [6.45, 7) is 0.762. The number of nitrogens with zero attached hydrogens (tertiary/aromatic N) is 2. The zero-order valence-electron chi connectivity index (χ0n) is 16.7. The van der Waals surface area contributed by atoms with Gasteiger partial charge in [-0.2, -0.15) is 4.31 Å². The maximum Gasteiger partial charge on any atom is 0.340 e. The fourth-order valence-electron chi connectivity index (χ4n) is 3.14. The Balaban J connectivity index is 1.51. The first kappa shape index (κ1) is 22.8. The first-order valence-corrected chi connectivity index (χ1v) is 11.8. The second-order valence-corrected chi connectivity index (χ2v) is 9.62. The minimum Gasteiger partial charge on any atom is -0.455 e. The Morgan fingerprint density at radius 3 is 2.50 bits per heavy atom. The highest BCUT2D eigenvalue weighted by Crippen LogP contribution is 2.31. The molecule has 11 heteroatoms. The molecule has 0 aliphatic carbocycles. The van der Waals surface area contributed by atoms with Gasteiger partial charge in [-0.05, 0) is 12.1 Å².